The summed E-state index contributed by atoms with van der Waals surface area (Å²) < 4.78 is 5.27. The number of thiazole rings is 1. The zero-order chi connectivity index (χ0) is 14.6. The molecule has 0 bridgehead atoms. The van der Waals surface area contributed by atoms with E-state index in [1.807, 2.05) is 0 Å². The molecule has 0 aliphatic carbocycles. The molecule has 1 aromatic heterocycles. The summed E-state index contributed by atoms with van der Waals surface area (Å²) in [6.07, 6.45) is 0.178. The second kappa shape index (κ2) is 6.65. The zero-order valence-electron chi connectivity index (χ0n) is 11.5. The van der Waals surface area contributed by atoms with Crippen LogP contribution in [0.1, 0.15) is 55.7 Å². The lowest BCUT2D eigenvalue weighted by Gasteiger charge is -2.21. The molecule has 19 heavy (non-hydrogen) atoms. The van der Waals surface area contributed by atoms with Crippen LogP contribution in [0.3, 0.4) is 0 Å². The van der Waals surface area contributed by atoms with Crippen LogP contribution in [0.25, 0.3) is 0 Å². The molecule has 0 aromatic carbocycles. The third-order valence-corrected chi connectivity index (χ3v) is 3.99. The molecule has 0 spiro atoms. The number of carbonyl (C=O) groups excluding carboxylic acids is 1. The third-order valence-electron chi connectivity index (χ3n) is 3.05. The minimum absolute atomic E-state index is 0.00523. The van der Waals surface area contributed by atoms with Crippen molar-refractivity contribution in [2.45, 2.75) is 40.2 Å². The highest BCUT2D eigenvalue weighted by atomic mass is 32.1. The van der Waals surface area contributed by atoms with E-state index in [9.17, 15) is 9.59 Å². The van der Waals surface area contributed by atoms with Gasteiger partial charge in [-0.15, -0.1) is 11.3 Å². The van der Waals surface area contributed by atoms with Crippen LogP contribution in [-0.2, 0) is 9.53 Å². The fourth-order valence-electron chi connectivity index (χ4n) is 1.54. The first kappa shape index (κ1) is 15.6. The van der Waals surface area contributed by atoms with E-state index in [4.69, 9.17) is 9.84 Å². The van der Waals surface area contributed by atoms with Crippen molar-refractivity contribution >= 4 is 23.3 Å². The highest BCUT2D eigenvalue weighted by Gasteiger charge is 2.24. The average molecular weight is 285 g/mol. The zero-order valence-corrected chi connectivity index (χ0v) is 12.4. The second-order valence-corrected chi connectivity index (χ2v) is 5.82. The van der Waals surface area contributed by atoms with Crippen LogP contribution >= 0.6 is 11.3 Å². The van der Waals surface area contributed by atoms with Gasteiger partial charge in [-0.2, -0.15) is 0 Å². The van der Waals surface area contributed by atoms with Crippen LogP contribution in [-0.4, -0.2) is 22.0 Å². The van der Waals surface area contributed by atoms with Crippen LogP contribution < -0.4 is 0 Å². The van der Waals surface area contributed by atoms with E-state index in [2.05, 4.69) is 25.8 Å². The molecule has 6 heteroatoms. The van der Waals surface area contributed by atoms with E-state index in [0.29, 0.717) is 23.3 Å². The van der Waals surface area contributed by atoms with Gasteiger partial charge in [-0.25, -0.2) is 9.78 Å². The Morgan fingerprint density at radius 3 is 2.47 bits per heavy atom. The number of hydrogen-bond acceptors (Lipinski definition) is 5. The molecule has 0 aliphatic heterocycles. The van der Waals surface area contributed by atoms with Crippen LogP contribution in [0.15, 0.2) is 5.38 Å². The third kappa shape index (κ3) is 4.63. The molecule has 106 valence electrons. The number of ether oxygens (including phenoxy) is 1. The number of aromatic nitrogens is 1. The quantitative estimate of drug-likeness (QED) is 0.813. The highest BCUT2D eigenvalue weighted by molar-refractivity contribution is 7.09. The van der Waals surface area contributed by atoms with Gasteiger partial charge < -0.3 is 9.84 Å². The molecule has 1 aromatic rings. The van der Waals surface area contributed by atoms with Crippen molar-refractivity contribution in [3.05, 3.63) is 16.1 Å². The Balaban J connectivity index is 2.88. The van der Waals surface area contributed by atoms with Crippen molar-refractivity contribution in [1.29, 1.82) is 0 Å². The molecule has 5 nitrogen and oxygen atoms in total. The van der Waals surface area contributed by atoms with E-state index >= 15 is 0 Å². The maximum atomic E-state index is 11.2. The van der Waals surface area contributed by atoms with E-state index in [-0.39, 0.29) is 11.7 Å². The predicted octanol–water partition coefficient (Wildman–Crippen LogP) is 3.13. The van der Waals surface area contributed by atoms with Crippen molar-refractivity contribution in [3.63, 3.8) is 0 Å². The summed E-state index contributed by atoms with van der Waals surface area (Å²) >= 11 is 1.21. The Kier molecular flexibility index (Phi) is 5.47. The summed E-state index contributed by atoms with van der Waals surface area (Å²) in [7, 11) is 0. The lowest BCUT2D eigenvalue weighted by Crippen LogP contribution is -2.15. The molecule has 0 amide bonds. The smallest absolute Gasteiger partial charge is 0.355 e. The number of esters is 1. The Hall–Kier alpha value is -1.43. The topological polar surface area (TPSA) is 76.5 Å². The summed E-state index contributed by atoms with van der Waals surface area (Å²) in [6, 6.07) is 0. The molecule has 1 heterocycles. The van der Waals surface area contributed by atoms with E-state index in [1.54, 1.807) is 0 Å². The maximum absolute atomic E-state index is 11.2. The van der Waals surface area contributed by atoms with E-state index in [1.165, 1.54) is 23.6 Å². The van der Waals surface area contributed by atoms with Gasteiger partial charge in [-0.05, 0) is 18.3 Å². The molecule has 0 aliphatic rings. The molecule has 0 fully saturated rings. The van der Waals surface area contributed by atoms with Crippen molar-refractivity contribution in [3.8, 4) is 0 Å². The number of rotatable bonds is 6. The Labute approximate surface area is 116 Å². The van der Waals surface area contributed by atoms with Crippen molar-refractivity contribution in [2.24, 2.45) is 11.8 Å². The van der Waals surface area contributed by atoms with Crippen LogP contribution in [0.2, 0.25) is 0 Å². The van der Waals surface area contributed by atoms with E-state index < -0.39 is 12.1 Å². The fraction of sp³-hybridized carbons (Fsp3) is 0.615. The van der Waals surface area contributed by atoms with Gasteiger partial charge in [-0.3, -0.25) is 4.79 Å². The fourth-order valence-corrected chi connectivity index (χ4v) is 2.38. The van der Waals surface area contributed by atoms with Gasteiger partial charge in [0.05, 0.1) is 0 Å². The molecular formula is C13H19NO4S. The molecule has 1 N–H and O–H groups in total. The lowest BCUT2D eigenvalue weighted by molar-refractivity contribution is -0.147. The van der Waals surface area contributed by atoms with Crippen molar-refractivity contribution in [2.75, 3.05) is 0 Å². The first-order valence-electron chi connectivity index (χ1n) is 6.17. The molecule has 1 rings (SSSR count). The number of carbonyl (C=O) groups is 2. The normalized spacial score (nSPS) is 14.2. The number of hydrogen-bond donors (Lipinski definition) is 1. The Morgan fingerprint density at radius 2 is 2.05 bits per heavy atom. The van der Waals surface area contributed by atoms with Gasteiger partial charge in [0.25, 0.3) is 0 Å². The number of carboxylic acid groups (broad SMARTS) is 1. The van der Waals surface area contributed by atoms with Crippen LogP contribution in [0.4, 0.5) is 0 Å². The summed E-state index contributed by atoms with van der Waals surface area (Å²) in [6.45, 7) is 7.62. The minimum Gasteiger partial charge on any atom is -0.476 e. The monoisotopic (exact) mass is 285 g/mol. The first-order chi connectivity index (χ1) is 8.81. The second-order valence-electron chi connectivity index (χ2n) is 4.93. The Bertz CT molecular complexity index is 455. The van der Waals surface area contributed by atoms with Crippen LogP contribution in [0.5, 0.6) is 0 Å². The lowest BCUT2D eigenvalue weighted by atomic mass is 9.92. The van der Waals surface area contributed by atoms with Crippen molar-refractivity contribution < 1.29 is 19.4 Å². The number of carboxylic acids is 1. The van der Waals surface area contributed by atoms with Gasteiger partial charge >= 0.3 is 11.9 Å². The number of nitrogens with zero attached hydrogens (tertiary/aromatic N) is 1. The molecule has 0 radical (unpaired) electrons. The predicted molar refractivity (Wildman–Crippen MR) is 72.2 cm³/mol. The molecule has 0 saturated heterocycles. The SMILES string of the molecule is CC(=O)O[C@H](C[C@@H](C)C(C)C)c1nc(C(=O)O)cs1. The maximum Gasteiger partial charge on any atom is 0.355 e. The molecule has 0 saturated carbocycles. The van der Waals surface area contributed by atoms with Gasteiger partial charge in [0.1, 0.15) is 5.01 Å². The summed E-state index contributed by atoms with van der Waals surface area (Å²) in [5.74, 6) is -0.646. The average Bonchev–Trinajstić information content (AvgIpc) is 2.76. The summed E-state index contributed by atoms with van der Waals surface area (Å²) in [5.41, 5.74) is -0.00523. The van der Waals surface area contributed by atoms with E-state index in [0.717, 1.165) is 0 Å². The highest BCUT2D eigenvalue weighted by Crippen LogP contribution is 2.30. The largest absolute Gasteiger partial charge is 0.476 e. The van der Waals surface area contributed by atoms with Gasteiger partial charge in [0.2, 0.25) is 0 Å². The van der Waals surface area contributed by atoms with Crippen molar-refractivity contribution in [1.82, 2.24) is 4.98 Å². The van der Waals surface area contributed by atoms with Gasteiger partial charge in [0, 0.05) is 12.3 Å². The summed E-state index contributed by atoms with van der Waals surface area (Å²) in [5, 5.41) is 10.9. The van der Waals surface area contributed by atoms with Gasteiger partial charge in [-0.1, -0.05) is 20.8 Å². The Morgan fingerprint density at radius 1 is 1.42 bits per heavy atom. The minimum atomic E-state index is -1.07. The van der Waals surface area contributed by atoms with Gasteiger partial charge in [0.15, 0.2) is 11.8 Å². The number of aromatic carboxylic acids is 1. The standard InChI is InChI=1S/C13H19NO4S/c1-7(2)8(3)5-11(18-9(4)15)12-14-10(6-19-12)13(16)17/h6-8,11H,5H2,1-4H3,(H,16,17)/t8-,11-/m1/s1. The molecular weight excluding hydrogens is 266 g/mol. The van der Waals surface area contributed by atoms with Crippen LogP contribution in [0, 0.1) is 11.8 Å². The molecule has 2 atom stereocenters. The molecule has 0 unspecified atom stereocenters. The summed E-state index contributed by atoms with van der Waals surface area (Å²) in [4.78, 5) is 26.0. The first-order valence-corrected chi connectivity index (χ1v) is 7.05.